The van der Waals surface area contributed by atoms with Crippen LogP contribution >= 0.6 is 0 Å². The maximum Gasteiger partial charge on any atom is 0.220 e. The van der Waals surface area contributed by atoms with Crippen LogP contribution in [0.1, 0.15) is 12.0 Å². The van der Waals surface area contributed by atoms with Crippen molar-refractivity contribution in [2.24, 2.45) is 0 Å². The zero-order chi connectivity index (χ0) is 12.1. The van der Waals surface area contributed by atoms with Gasteiger partial charge in [-0.05, 0) is 24.1 Å². The van der Waals surface area contributed by atoms with E-state index in [-0.39, 0.29) is 5.91 Å². The normalized spacial score (nSPS) is 15.1. The van der Waals surface area contributed by atoms with Gasteiger partial charge in [0.2, 0.25) is 5.91 Å². The van der Waals surface area contributed by atoms with Gasteiger partial charge in [-0.2, -0.15) is 0 Å². The van der Waals surface area contributed by atoms with Crippen molar-refractivity contribution in [1.29, 1.82) is 0 Å². The van der Waals surface area contributed by atoms with Crippen LogP contribution in [0.2, 0.25) is 0 Å². The highest BCUT2D eigenvalue weighted by molar-refractivity contribution is 5.76. The lowest BCUT2D eigenvalue weighted by Crippen LogP contribution is -2.56. The van der Waals surface area contributed by atoms with E-state index in [0.717, 1.165) is 30.8 Å². The maximum absolute atomic E-state index is 11.6. The molecule has 0 aromatic heterocycles. The van der Waals surface area contributed by atoms with Crippen molar-refractivity contribution < 1.29 is 9.53 Å². The molecule has 0 atom stereocenters. The SMILES string of the molecule is COc1ccc(CCC(=O)NC2CNC2)cc1. The van der Waals surface area contributed by atoms with E-state index in [9.17, 15) is 4.79 Å². The molecular weight excluding hydrogens is 216 g/mol. The quantitative estimate of drug-likeness (QED) is 0.789. The number of benzene rings is 1. The summed E-state index contributed by atoms with van der Waals surface area (Å²) in [5.41, 5.74) is 1.16. The molecule has 0 unspecified atom stereocenters. The molecule has 0 saturated carbocycles. The van der Waals surface area contributed by atoms with Gasteiger partial charge >= 0.3 is 0 Å². The molecule has 0 radical (unpaired) electrons. The summed E-state index contributed by atoms with van der Waals surface area (Å²) >= 11 is 0. The van der Waals surface area contributed by atoms with Gasteiger partial charge in [-0.3, -0.25) is 4.79 Å². The number of amides is 1. The average molecular weight is 234 g/mol. The van der Waals surface area contributed by atoms with Gasteiger partial charge in [0.1, 0.15) is 5.75 Å². The highest BCUT2D eigenvalue weighted by Gasteiger charge is 2.18. The fraction of sp³-hybridized carbons (Fsp3) is 0.462. The Hall–Kier alpha value is -1.55. The van der Waals surface area contributed by atoms with Crippen LogP contribution < -0.4 is 15.4 Å². The van der Waals surface area contributed by atoms with Crippen LogP contribution in [0, 0.1) is 0 Å². The first-order valence-electron chi connectivity index (χ1n) is 5.91. The Morgan fingerprint density at radius 3 is 2.65 bits per heavy atom. The molecule has 0 spiro atoms. The number of hydrogen-bond donors (Lipinski definition) is 2. The minimum atomic E-state index is 0.132. The topological polar surface area (TPSA) is 50.4 Å². The number of carbonyl (C=O) groups excluding carboxylic acids is 1. The number of nitrogens with one attached hydrogen (secondary N) is 2. The van der Waals surface area contributed by atoms with E-state index >= 15 is 0 Å². The number of ether oxygens (including phenoxy) is 1. The molecule has 4 heteroatoms. The number of hydrogen-bond acceptors (Lipinski definition) is 3. The Kier molecular flexibility index (Phi) is 3.98. The second-order valence-electron chi connectivity index (χ2n) is 4.27. The second-order valence-corrected chi connectivity index (χ2v) is 4.27. The number of carbonyl (C=O) groups is 1. The van der Waals surface area contributed by atoms with Gasteiger partial charge in [0.05, 0.1) is 13.2 Å². The molecule has 1 aromatic carbocycles. The Balaban J connectivity index is 1.74. The molecule has 0 aliphatic carbocycles. The van der Waals surface area contributed by atoms with E-state index in [1.807, 2.05) is 24.3 Å². The largest absolute Gasteiger partial charge is 0.497 e. The van der Waals surface area contributed by atoms with Crippen LogP contribution in [-0.2, 0) is 11.2 Å². The minimum absolute atomic E-state index is 0.132. The Morgan fingerprint density at radius 1 is 1.41 bits per heavy atom. The van der Waals surface area contributed by atoms with Gasteiger partial charge in [0.15, 0.2) is 0 Å². The summed E-state index contributed by atoms with van der Waals surface area (Å²) in [4.78, 5) is 11.6. The van der Waals surface area contributed by atoms with Crippen molar-refractivity contribution in [2.45, 2.75) is 18.9 Å². The molecule has 2 rings (SSSR count). The van der Waals surface area contributed by atoms with Gasteiger partial charge in [-0.25, -0.2) is 0 Å². The third kappa shape index (κ3) is 3.46. The lowest BCUT2D eigenvalue weighted by Gasteiger charge is -2.27. The molecule has 1 aliphatic heterocycles. The van der Waals surface area contributed by atoms with Gasteiger partial charge in [0, 0.05) is 19.5 Å². The molecule has 1 fully saturated rings. The van der Waals surface area contributed by atoms with E-state index in [4.69, 9.17) is 4.74 Å². The monoisotopic (exact) mass is 234 g/mol. The molecule has 1 aliphatic rings. The van der Waals surface area contributed by atoms with Gasteiger partial charge in [-0.1, -0.05) is 12.1 Å². The zero-order valence-corrected chi connectivity index (χ0v) is 10.0. The molecule has 1 saturated heterocycles. The van der Waals surface area contributed by atoms with E-state index in [2.05, 4.69) is 10.6 Å². The third-order valence-corrected chi connectivity index (χ3v) is 2.95. The van der Waals surface area contributed by atoms with Crippen molar-refractivity contribution in [3.05, 3.63) is 29.8 Å². The lowest BCUT2D eigenvalue weighted by molar-refractivity contribution is -0.122. The predicted octanol–water partition coefficient (Wildman–Crippen LogP) is 0.716. The van der Waals surface area contributed by atoms with E-state index in [0.29, 0.717) is 12.5 Å². The molecule has 92 valence electrons. The van der Waals surface area contributed by atoms with Crippen molar-refractivity contribution in [1.82, 2.24) is 10.6 Å². The van der Waals surface area contributed by atoms with Crippen LogP contribution in [-0.4, -0.2) is 32.1 Å². The lowest BCUT2D eigenvalue weighted by atomic mass is 10.1. The number of rotatable bonds is 5. The highest BCUT2D eigenvalue weighted by Crippen LogP contribution is 2.12. The summed E-state index contributed by atoms with van der Waals surface area (Å²) in [5, 5.41) is 6.11. The van der Waals surface area contributed by atoms with Crippen LogP contribution in [0.3, 0.4) is 0 Å². The van der Waals surface area contributed by atoms with Crippen LogP contribution in [0.4, 0.5) is 0 Å². The van der Waals surface area contributed by atoms with Crippen molar-refractivity contribution in [2.75, 3.05) is 20.2 Å². The minimum Gasteiger partial charge on any atom is -0.497 e. The Morgan fingerprint density at radius 2 is 2.12 bits per heavy atom. The summed E-state index contributed by atoms with van der Waals surface area (Å²) in [6.45, 7) is 1.79. The highest BCUT2D eigenvalue weighted by atomic mass is 16.5. The summed E-state index contributed by atoms with van der Waals surface area (Å²) in [6, 6.07) is 8.17. The molecule has 0 bridgehead atoms. The molecule has 1 heterocycles. The maximum atomic E-state index is 11.6. The van der Waals surface area contributed by atoms with Gasteiger partial charge < -0.3 is 15.4 Å². The summed E-state index contributed by atoms with van der Waals surface area (Å²) in [7, 11) is 1.65. The number of methoxy groups -OCH3 is 1. The molecular formula is C13H18N2O2. The standard InChI is InChI=1S/C13H18N2O2/c1-17-12-5-2-10(3-6-12)4-7-13(16)15-11-8-14-9-11/h2-3,5-6,11,14H,4,7-9H2,1H3,(H,15,16). The first-order valence-corrected chi connectivity index (χ1v) is 5.91. The Bertz CT molecular complexity index is 372. The first-order chi connectivity index (χ1) is 8.28. The van der Waals surface area contributed by atoms with Gasteiger partial charge in [0.25, 0.3) is 0 Å². The fourth-order valence-electron chi connectivity index (χ4n) is 1.74. The Labute approximate surface area is 101 Å². The molecule has 2 N–H and O–H groups in total. The molecule has 17 heavy (non-hydrogen) atoms. The second kappa shape index (κ2) is 5.68. The van der Waals surface area contributed by atoms with E-state index < -0.39 is 0 Å². The van der Waals surface area contributed by atoms with Crippen LogP contribution in [0.25, 0.3) is 0 Å². The van der Waals surface area contributed by atoms with Crippen molar-refractivity contribution >= 4 is 5.91 Å². The van der Waals surface area contributed by atoms with E-state index in [1.165, 1.54) is 0 Å². The predicted molar refractivity (Wildman–Crippen MR) is 66.1 cm³/mol. The summed E-state index contributed by atoms with van der Waals surface area (Å²) in [5.74, 6) is 0.978. The third-order valence-electron chi connectivity index (χ3n) is 2.95. The van der Waals surface area contributed by atoms with Crippen LogP contribution in [0.5, 0.6) is 5.75 Å². The molecule has 1 amide bonds. The van der Waals surface area contributed by atoms with Crippen LogP contribution in [0.15, 0.2) is 24.3 Å². The van der Waals surface area contributed by atoms with Crippen molar-refractivity contribution in [3.8, 4) is 5.75 Å². The molecule has 4 nitrogen and oxygen atoms in total. The summed E-state index contributed by atoms with van der Waals surface area (Å²) < 4.78 is 5.08. The van der Waals surface area contributed by atoms with Gasteiger partial charge in [-0.15, -0.1) is 0 Å². The fourth-order valence-corrected chi connectivity index (χ4v) is 1.74. The zero-order valence-electron chi connectivity index (χ0n) is 10.0. The van der Waals surface area contributed by atoms with E-state index in [1.54, 1.807) is 7.11 Å². The molecule has 1 aromatic rings. The van der Waals surface area contributed by atoms with Crippen molar-refractivity contribution in [3.63, 3.8) is 0 Å². The average Bonchev–Trinajstić information content (AvgIpc) is 2.32. The number of aryl methyl sites for hydroxylation is 1. The summed E-state index contributed by atoms with van der Waals surface area (Å²) in [6.07, 6.45) is 1.32. The smallest absolute Gasteiger partial charge is 0.220 e. The first kappa shape index (κ1) is 11.9.